The number of rotatable bonds is 7. The summed E-state index contributed by atoms with van der Waals surface area (Å²) in [7, 11) is -3.92. The number of aromatic nitrogens is 3. The number of amides is 1. The molecule has 0 spiro atoms. The first kappa shape index (κ1) is 20.1. The zero-order valence-electron chi connectivity index (χ0n) is 15.5. The van der Waals surface area contributed by atoms with Gasteiger partial charge in [0.15, 0.2) is 5.13 Å². The smallest absolute Gasteiger partial charge is 0.241 e. The molecule has 148 valence electrons. The van der Waals surface area contributed by atoms with E-state index < -0.39 is 22.5 Å². The van der Waals surface area contributed by atoms with Crippen LogP contribution in [0.1, 0.15) is 24.1 Å². The van der Waals surface area contributed by atoms with Gasteiger partial charge >= 0.3 is 0 Å². The maximum absolute atomic E-state index is 12.7. The Kier molecular flexibility index (Phi) is 5.87. The average Bonchev–Trinajstić information content (AvgIpc) is 3.29. The summed E-state index contributed by atoms with van der Waals surface area (Å²) in [6, 6.07) is 4.84. The second kappa shape index (κ2) is 8.17. The van der Waals surface area contributed by atoms with Gasteiger partial charge in [-0.3, -0.25) is 4.79 Å². The maximum Gasteiger partial charge on any atom is 0.241 e. The van der Waals surface area contributed by atoms with Crippen LogP contribution in [0, 0.1) is 13.8 Å². The molecule has 3 aromatic rings. The first-order valence-electron chi connectivity index (χ1n) is 8.43. The maximum atomic E-state index is 12.7. The van der Waals surface area contributed by atoms with Crippen LogP contribution in [-0.2, 0) is 21.2 Å². The fourth-order valence-electron chi connectivity index (χ4n) is 2.36. The van der Waals surface area contributed by atoms with E-state index in [1.54, 1.807) is 31.4 Å². The molecule has 1 amide bonds. The van der Waals surface area contributed by atoms with Gasteiger partial charge in [0.2, 0.25) is 27.6 Å². The van der Waals surface area contributed by atoms with Crippen LogP contribution >= 0.6 is 11.3 Å². The first-order chi connectivity index (χ1) is 13.3. The summed E-state index contributed by atoms with van der Waals surface area (Å²) in [5.74, 6) is 0.273. The SMILES string of the molecule is CCc1nc(-c2ccc(C)c(S(=O)(=O)NCC(=O)Nc3nc(C)cs3)c2)no1. The van der Waals surface area contributed by atoms with E-state index in [4.69, 9.17) is 4.52 Å². The van der Waals surface area contributed by atoms with Gasteiger partial charge in [0, 0.05) is 17.4 Å². The summed E-state index contributed by atoms with van der Waals surface area (Å²) in [6.45, 7) is 4.94. The lowest BCUT2D eigenvalue weighted by Gasteiger charge is -2.10. The molecule has 3 rings (SSSR count). The van der Waals surface area contributed by atoms with E-state index in [9.17, 15) is 13.2 Å². The van der Waals surface area contributed by atoms with Crippen LogP contribution in [0.4, 0.5) is 5.13 Å². The van der Waals surface area contributed by atoms with Crippen LogP contribution in [0.2, 0.25) is 0 Å². The average molecular weight is 422 g/mol. The predicted octanol–water partition coefficient (Wildman–Crippen LogP) is 2.29. The Hall–Kier alpha value is -2.63. The zero-order valence-corrected chi connectivity index (χ0v) is 17.1. The topological polar surface area (TPSA) is 127 Å². The molecule has 2 heterocycles. The van der Waals surface area contributed by atoms with Gasteiger partial charge in [0.25, 0.3) is 0 Å². The van der Waals surface area contributed by atoms with Crippen LogP contribution in [-0.4, -0.2) is 36.0 Å². The molecule has 28 heavy (non-hydrogen) atoms. The molecule has 0 bridgehead atoms. The second-order valence-electron chi connectivity index (χ2n) is 6.01. The Labute approximate surface area is 166 Å². The van der Waals surface area contributed by atoms with Gasteiger partial charge in [-0.15, -0.1) is 11.3 Å². The van der Waals surface area contributed by atoms with Crippen molar-refractivity contribution in [1.82, 2.24) is 19.8 Å². The van der Waals surface area contributed by atoms with E-state index in [-0.39, 0.29) is 4.90 Å². The molecule has 0 radical (unpaired) electrons. The third kappa shape index (κ3) is 4.61. The van der Waals surface area contributed by atoms with Gasteiger partial charge in [0.05, 0.1) is 17.1 Å². The fourth-order valence-corrected chi connectivity index (χ4v) is 4.31. The molecule has 0 aliphatic heterocycles. The quantitative estimate of drug-likeness (QED) is 0.599. The highest BCUT2D eigenvalue weighted by molar-refractivity contribution is 7.89. The van der Waals surface area contributed by atoms with Gasteiger partial charge in [-0.2, -0.15) is 4.98 Å². The van der Waals surface area contributed by atoms with E-state index >= 15 is 0 Å². The Balaban J connectivity index is 1.75. The molecule has 0 atom stereocenters. The van der Waals surface area contributed by atoms with Crippen molar-refractivity contribution in [3.63, 3.8) is 0 Å². The van der Waals surface area contributed by atoms with Crippen molar-refractivity contribution in [2.75, 3.05) is 11.9 Å². The molecule has 11 heteroatoms. The van der Waals surface area contributed by atoms with Crippen LogP contribution < -0.4 is 10.0 Å². The van der Waals surface area contributed by atoms with Crippen molar-refractivity contribution in [2.24, 2.45) is 0 Å². The highest BCUT2D eigenvalue weighted by atomic mass is 32.2. The molecule has 0 aliphatic carbocycles. The van der Waals surface area contributed by atoms with E-state index in [1.807, 2.05) is 6.92 Å². The Morgan fingerprint density at radius 2 is 2.04 bits per heavy atom. The number of nitrogens with one attached hydrogen (secondary N) is 2. The summed E-state index contributed by atoms with van der Waals surface area (Å²) in [6.07, 6.45) is 0.583. The van der Waals surface area contributed by atoms with Gasteiger partial charge < -0.3 is 9.84 Å². The molecule has 0 aliphatic rings. The summed E-state index contributed by atoms with van der Waals surface area (Å²) < 4.78 is 32.8. The highest BCUT2D eigenvalue weighted by Crippen LogP contribution is 2.23. The van der Waals surface area contributed by atoms with Gasteiger partial charge in [-0.05, 0) is 25.5 Å². The lowest BCUT2D eigenvalue weighted by molar-refractivity contribution is -0.115. The van der Waals surface area contributed by atoms with Crippen molar-refractivity contribution >= 4 is 32.4 Å². The first-order valence-corrected chi connectivity index (χ1v) is 10.8. The molecule has 0 saturated heterocycles. The van der Waals surface area contributed by atoms with Crippen molar-refractivity contribution in [3.05, 3.63) is 40.7 Å². The number of sulfonamides is 1. The number of hydrogen-bond acceptors (Lipinski definition) is 8. The Morgan fingerprint density at radius 3 is 2.68 bits per heavy atom. The minimum absolute atomic E-state index is 0.0470. The van der Waals surface area contributed by atoms with Crippen LogP contribution in [0.3, 0.4) is 0 Å². The third-order valence-corrected chi connectivity index (χ3v) is 6.21. The standard InChI is InChI=1S/C17H19N5O4S2/c1-4-15-21-16(22-26-15)12-6-5-10(2)13(7-12)28(24,25)18-8-14(23)20-17-19-11(3)9-27-17/h5-7,9,18H,4,8H2,1-3H3,(H,19,20,23). The number of benzene rings is 1. The van der Waals surface area contributed by atoms with E-state index in [1.165, 1.54) is 17.4 Å². The lowest BCUT2D eigenvalue weighted by Crippen LogP contribution is -2.33. The van der Waals surface area contributed by atoms with Crippen LogP contribution in [0.15, 0.2) is 33.0 Å². The minimum Gasteiger partial charge on any atom is -0.339 e. The summed E-state index contributed by atoms with van der Waals surface area (Å²) >= 11 is 1.27. The molecule has 2 aromatic heterocycles. The van der Waals surface area contributed by atoms with Crippen molar-refractivity contribution in [1.29, 1.82) is 0 Å². The van der Waals surface area contributed by atoms with E-state index in [2.05, 4.69) is 25.2 Å². The number of hydrogen-bond donors (Lipinski definition) is 2. The number of nitrogens with zero attached hydrogens (tertiary/aromatic N) is 3. The van der Waals surface area contributed by atoms with E-state index in [0.29, 0.717) is 34.4 Å². The molecule has 1 aromatic carbocycles. The minimum atomic E-state index is -3.92. The van der Waals surface area contributed by atoms with Gasteiger partial charge in [-0.1, -0.05) is 24.2 Å². The van der Waals surface area contributed by atoms with E-state index in [0.717, 1.165) is 5.69 Å². The molecule has 0 saturated carbocycles. The molecule has 2 N–H and O–H groups in total. The van der Waals surface area contributed by atoms with Crippen LogP contribution in [0.25, 0.3) is 11.4 Å². The third-order valence-electron chi connectivity index (χ3n) is 3.79. The van der Waals surface area contributed by atoms with Gasteiger partial charge in [0.1, 0.15) is 0 Å². The molecule has 0 unspecified atom stereocenters. The second-order valence-corrected chi connectivity index (χ2v) is 8.61. The normalized spacial score (nSPS) is 11.5. The molecule has 0 fully saturated rings. The molecular weight excluding hydrogens is 402 g/mol. The fraction of sp³-hybridized carbons (Fsp3) is 0.294. The summed E-state index contributed by atoms with van der Waals surface area (Å²) in [5.41, 5.74) is 1.82. The number of anilines is 1. The number of carbonyl (C=O) groups is 1. The number of carbonyl (C=O) groups excluding carboxylic acids is 1. The zero-order chi connectivity index (χ0) is 20.3. The molecule has 9 nitrogen and oxygen atoms in total. The summed E-state index contributed by atoms with van der Waals surface area (Å²) in [4.78, 5) is 20.4. The van der Waals surface area contributed by atoms with Crippen molar-refractivity contribution in [2.45, 2.75) is 32.1 Å². The Bertz CT molecular complexity index is 1100. The van der Waals surface area contributed by atoms with Crippen molar-refractivity contribution < 1.29 is 17.7 Å². The van der Waals surface area contributed by atoms with Crippen LogP contribution in [0.5, 0.6) is 0 Å². The molecular formula is C17H19N5O4S2. The summed E-state index contributed by atoms with van der Waals surface area (Å²) in [5, 5.41) is 8.63. The number of aryl methyl sites for hydroxylation is 3. The van der Waals surface area contributed by atoms with Gasteiger partial charge in [-0.25, -0.2) is 18.1 Å². The van der Waals surface area contributed by atoms with Crippen molar-refractivity contribution in [3.8, 4) is 11.4 Å². The Morgan fingerprint density at radius 1 is 1.25 bits per heavy atom. The lowest BCUT2D eigenvalue weighted by atomic mass is 10.1. The predicted molar refractivity (Wildman–Crippen MR) is 105 cm³/mol. The monoisotopic (exact) mass is 421 g/mol. The largest absolute Gasteiger partial charge is 0.339 e. The highest BCUT2D eigenvalue weighted by Gasteiger charge is 2.20. The number of thiazole rings is 1.